The summed E-state index contributed by atoms with van der Waals surface area (Å²) in [5.74, 6) is 0.576. The lowest BCUT2D eigenvalue weighted by atomic mass is 9.99. The summed E-state index contributed by atoms with van der Waals surface area (Å²) in [5, 5.41) is 0. The van der Waals surface area contributed by atoms with E-state index in [9.17, 15) is 0 Å². The number of hydrogen-bond donors (Lipinski definition) is 0. The lowest BCUT2D eigenvalue weighted by Crippen LogP contribution is -1.94. The Hall–Kier alpha value is -1.11. The third kappa shape index (κ3) is 2.41. The van der Waals surface area contributed by atoms with Gasteiger partial charge in [-0.3, -0.25) is 4.98 Å². The molecule has 0 aromatic carbocycles. The Balaban J connectivity index is 3.11. The predicted octanol–water partition coefficient (Wildman–Crippen LogP) is 3.55. The summed E-state index contributed by atoms with van der Waals surface area (Å²) < 4.78 is 0. The van der Waals surface area contributed by atoms with Crippen LogP contribution in [-0.2, 0) is 0 Å². The smallest absolute Gasteiger partial charge is 0.0629 e. The molecule has 70 valence electrons. The zero-order valence-electron chi connectivity index (χ0n) is 8.83. The molecule has 0 aliphatic heterocycles. The van der Waals surface area contributed by atoms with Crippen LogP contribution < -0.4 is 0 Å². The quantitative estimate of drug-likeness (QED) is 0.670. The molecular weight excluding hydrogens is 158 g/mol. The standard InChI is InChI=1S/C12H17N/c1-5-6-11-7-12(9(2)3)10(4)8-13-11/h5-9H,1-4H3/b6-5+. The van der Waals surface area contributed by atoms with Crippen molar-refractivity contribution in [3.63, 3.8) is 0 Å². The van der Waals surface area contributed by atoms with Gasteiger partial charge in [0, 0.05) is 6.20 Å². The topological polar surface area (TPSA) is 12.9 Å². The van der Waals surface area contributed by atoms with E-state index in [1.165, 1.54) is 11.1 Å². The Kier molecular flexibility index (Phi) is 3.24. The van der Waals surface area contributed by atoms with E-state index in [2.05, 4.69) is 31.8 Å². The molecule has 1 heterocycles. The molecule has 1 rings (SSSR count). The molecule has 0 radical (unpaired) electrons. The van der Waals surface area contributed by atoms with Crippen LogP contribution >= 0.6 is 0 Å². The number of aromatic nitrogens is 1. The van der Waals surface area contributed by atoms with Crippen molar-refractivity contribution >= 4 is 6.08 Å². The van der Waals surface area contributed by atoms with Crippen molar-refractivity contribution in [1.82, 2.24) is 4.98 Å². The molecular formula is C12H17N. The largest absolute Gasteiger partial charge is 0.257 e. The van der Waals surface area contributed by atoms with Crippen LogP contribution in [-0.4, -0.2) is 4.98 Å². The van der Waals surface area contributed by atoms with Gasteiger partial charge in [-0.15, -0.1) is 0 Å². The highest BCUT2D eigenvalue weighted by molar-refractivity contribution is 5.46. The molecule has 0 atom stereocenters. The Morgan fingerprint density at radius 3 is 2.62 bits per heavy atom. The van der Waals surface area contributed by atoms with Crippen molar-refractivity contribution in [3.8, 4) is 0 Å². The van der Waals surface area contributed by atoms with E-state index in [0.717, 1.165) is 5.69 Å². The summed E-state index contributed by atoms with van der Waals surface area (Å²) in [4.78, 5) is 4.32. The van der Waals surface area contributed by atoms with Gasteiger partial charge >= 0.3 is 0 Å². The van der Waals surface area contributed by atoms with Gasteiger partial charge in [0.25, 0.3) is 0 Å². The highest BCUT2D eigenvalue weighted by Crippen LogP contribution is 2.19. The Morgan fingerprint density at radius 2 is 2.08 bits per heavy atom. The first kappa shape index (κ1) is 9.97. The van der Waals surface area contributed by atoms with Crippen LogP contribution in [0.3, 0.4) is 0 Å². The molecule has 1 heteroatoms. The third-order valence-electron chi connectivity index (χ3n) is 2.13. The maximum absolute atomic E-state index is 4.32. The van der Waals surface area contributed by atoms with E-state index in [4.69, 9.17) is 0 Å². The van der Waals surface area contributed by atoms with Gasteiger partial charge < -0.3 is 0 Å². The SMILES string of the molecule is C/C=C/c1cc(C(C)C)c(C)cn1. The van der Waals surface area contributed by atoms with Crippen LogP contribution in [0.25, 0.3) is 6.08 Å². The minimum atomic E-state index is 0.576. The third-order valence-corrected chi connectivity index (χ3v) is 2.13. The predicted molar refractivity (Wildman–Crippen MR) is 57.8 cm³/mol. The molecule has 0 aliphatic carbocycles. The van der Waals surface area contributed by atoms with E-state index in [-0.39, 0.29) is 0 Å². The lowest BCUT2D eigenvalue weighted by molar-refractivity contribution is 0.850. The number of aryl methyl sites for hydroxylation is 1. The number of pyridine rings is 1. The normalized spacial score (nSPS) is 11.5. The minimum Gasteiger partial charge on any atom is -0.257 e. The zero-order valence-corrected chi connectivity index (χ0v) is 8.83. The summed E-state index contributed by atoms with van der Waals surface area (Å²) in [5.41, 5.74) is 3.73. The Bertz CT molecular complexity index is 311. The number of allylic oxidation sites excluding steroid dienone is 1. The zero-order chi connectivity index (χ0) is 9.84. The van der Waals surface area contributed by atoms with Crippen LogP contribution in [0.1, 0.15) is 43.5 Å². The molecule has 1 aromatic heterocycles. The molecule has 0 saturated carbocycles. The first-order chi connectivity index (χ1) is 6.15. The summed E-state index contributed by atoms with van der Waals surface area (Å²) in [7, 11) is 0. The molecule has 0 unspecified atom stereocenters. The second kappa shape index (κ2) is 4.22. The van der Waals surface area contributed by atoms with E-state index >= 15 is 0 Å². The van der Waals surface area contributed by atoms with Gasteiger partial charge in [-0.2, -0.15) is 0 Å². The van der Waals surface area contributed by atoms with Crippen molar-refractivity contribution in [1.29, 1.82) is 0 Å². The van der Waals surface area contributed by atoms with Crippen molar-refractivity contribution in [2.45, 2.75) is 33.6 Å². The highest BCUT2D eigenvalue weighted by atomic mass is 14.7. The molecule has 13 heavy (non-hydrogen) atoms. The monoisotopic (exact) mass is 175 g/mol. The van der Waals surface area contributed by atoms with Gasteiger partial charge in [-0.1, -0.05) is 19.9 Å². The minimum absolute atomic E-state index is 0.576. The molecule has 0 amide bonds. The maximum Gasteiger partial charge on any atom is 0.0629 e. The van der Waals surface area contributed by atoms with E-state index in [0.29, 0.717) is 5.92 Å². The van der Waals surface area contributed by atoms with E-state index in [1.54, 1.807) is 0 Å². The fourth-order valence-corrected chi connectivity index (χ4v) is 1.44. The summed E-state index contributed by atoms with van der Waals surface area (Å²) in [6.07, 6.45) is 6.00. The molecule has 1 aromatic rings. The van der Waals surface area contributed by atoms with Gasteiger partial charge in [-0.05, 0) is 43.0 Å². The number of nitrogens with zero attached hydrogens (tertiary/aromatic N) is 1. The van der Waals surface area contributed by atoms with E-state index < -0.39 is 0 Å². The maximum atomic E-state index is 4.32. The fraction of sp³-hybridized carbons (Fsp3) is 0.417. The van der Waals surface area contributed by atoms with Gasteiger partial charge in [0.2, 0.25) is 0 Å². The molecule has 0 fully saturated rings. The molecule has 0 saturated heterocycles. The Labute approximate surface area is 80.5 Å². The second-order valence-electron chi connectivity index (χ2n) is 3.62. The molecule has 0 aliphatic rings. The van der Waals surface area contributed by atoms with Crippen LogP contribution in [0.4, 0.5) is 0 Å². The summed E-state index contributed by atoms with van der Waals surface area (Å²) >= 11 is 0. The Morgan fingerprint density at radius 1 is 1.38 bits per heavy atom. The van der Waals surface area contributed by atoms with Crippen LogP contribution in [0.5, 0.6) is 0 Å². The van der Waals surface area contributed by atoms with Crippen LogP contribution in [0.15, 0.2) is 18.3 Å². The van der Waals surface area contributed by atoms with E-state index in [1.807, 2.05) is 25.3 Å². The second-order valence-corrected chi connectivity index (χ2v) is 3.62. The van der Waals surface area contributed by atoms with Crippen molar-refractivity contribution in [3.05, 3.63) is 35.2 Å². The molecule has 0 bridgehead atoms. The van der Waals surface area contributed by atoms with Gasteiger partial charge in [-0.25, -0.2) is 0 Å². The van der Waals surface area contributed by atoms with Crippen molar-refractivity contribution in [2.24, 2.45) is 0 Å². The average Bonchev–Trinajstić information content (AvgIpc) is 2.08. The van der Waals surface area contributed by atoms with Crippen molar-refractivity contribution < 1.29 is 0 Å². The average molecular weight is 175 g/mol. The molecule has 0 N–H and O–H groups in total. The lowest BCUT2D eigenvalue weighted by Gasteiger charge is -2.09. The fourth-order valence-electron chi connectivity index (χ4n) is 1.44. The first-order valence-electron chi connectivity index (χ1n) is 4.74. The van der Waals surface area contributed by atoms with Crippen LogP contribution in [0.2, 0.25) is 0 Å². The first-order valence-corrected chi connectivity index (χ1v) is 4.74. The molecule has 1 nitrogen and oxygen atoms in total. The van der Waals surface area contributed by atoms with Crippen molar-refractivity contribution in [2.75, 3.05) is 0 Å². The molecule has 0 spiro atoms. The number of rotatable bonds is 2. The summed E-state index contributed by atoms with van der Waals surface area (Å²) in [6.45, 7) is 8.54. The highest BCUT2D eigenvalue weighted by Gasteiger charge is 2.03. The van der Waals surface area contributed by atoms with Gasteiger partial charge in [0.05, 0.1) is 5.69 Å². The van der Waals surface area contributed by atoms with Crippen LogP contribution in [0, 0.1) is 6.92 Å². The number of hydrogen-bond acceptors (Lipinski definition) is 1. The summed E-state index contributed by atoms with van der Waals surface area (Å²) in [6, 6.07) is 2.17. The van der Waals surface area contributed by atoms with Gasteiger partial charge in [0.1, 0.15) is 0 Å². The van der Waals surface area contributed by atoms with Gasteiger partial charge in [0.15, 0.2) is 0 Å².